The zero-order valence-corrected chi connectivity index (χ0v) is 10.3. The first-order valence-electron chi connectivity index (χ1n) is 3.98. The van der Waals surface area contributed by atoms with E-state index in [1.807, 2.05) is 37.3 Å². The lowest BCUT2D eigenvalue weighted by Gasteiger charge is -2.00. The Morgan fingerprint density at radius 1 is 1.12 bits per heavy atom. The Kier molecular flexibility index (Phi) is 14.0. The fourth-order valence-corrected chi connectivity index (χ4v) is 0.603. The Morgan fingerprint density at radius 2 is 1.53 bits per heavy atom. The highest BCUT2D eigenvalue weighted by Gasteiger charge is 1.87. The fraction of sp³-hybridized carbons (Fsp3) is 0.250. The summed E-state index contributed by atoms with van der Waals surface area (Å²) in [7, 11) is -4.67. The Labute approximate surface area is 100 Å². The summed E-state index contributed by atoms with van der Waals surface area (Å²) in [6.45, 7) is 2.44. The molecule has 0 radical (unpaired) electrons. The molecule has 0 amide bonds. The van der Waals surface area contributed by atoms with Gasteiger partial charge in [0.1, 0.15) is 0 Å². The maximum absolute atomic E-state index is 8.74. The molecular formula is C8H18N2O6S. The maximum Gasteiger partial charge on any atom is 0.394 e. The van der Waals surface area contributed by atoms with Crippen LogP contribution in [0.3, 0.4) is 0 Å². The minimum absolute atomic E-state index is 0. The van der Waals surface area contributed by atoms with Crippen molar-refractivity contribution in [3.05, 3.63) is 30.3 Å². The first-order chi connectivity index (χ1) is 6.93. The molecule has 0 unspecified atom stereocenters. The lowest BCUT2D eigenvalue weighted by Crippen LogP contribution is -1.94. The van der Waals surface area contributed by atoms with Crippen LogP contribution in [0.15, 0.2) is 30.3 Å². The summed E-state index contributed by atoms with van der Waals surface area (Å²) in [5.74, 6) is 0.740. The number of benzene rings is 1. The summed E-state index contributed by atoms with van der Waals surface area (Å²) in [5, 5.41) is 0. The number of hydrogen-bond donors (Lipinski definition) is 4. The first-order valence-corrected chi connectivity index (χ1v) is 5.37. The van der Waals surface area contributed by atoms with Crippen molar-refractivity contribution in [2.24, 2.45) is 0 Å². The third-order valence-corrected chi connectivity index (χ3v) is 1.02. The lowest BCUT2D eigenvalue weighted by atomic mass is 10.3. The average molecular weight is 270 g/mol. The van der Waals surface area contributed by atoms with Crippen molar-refractivity contribution in [2.45, 2.75) is 6.92 Å². The van der Waals surface area contributed by atoms with Gasteiger partial charge in [0.2, 0.25) is 0 Å². The van der Waals surface area contributed by atoms with E-state index in [1.54, 1.807) is 0 Å². The van der Waals surface area contributed by atoms with Crippen LogP contribution in [-0.2, 0) is 15.3 Å². The van der Waals surface area contributed by atoms with Gasteiger partial charge in [-0.2, -0.15) is 13.3 Å². The predicted molar refractivity (Wildman–Crippen MR) is 62.9 cm³/mol. The van der Waals surface area contributed by atoms with Crippen molar-refractivity contribution in [1.82, 2.24) is 12.3 Å². The molecule has 0 aliphatic rings. The third-order valence-electron chi connectivity index (χ3n) is 1.02. The van der Waals surface area contributed by atoms with Gasteiger partial charge in [0.05, 0.1) is 6.61 Å². The summed E-state index contributed by atoms with van der Waals surface area (Å²) in [6.07, 6.45) is 0. The highest BCUT2D eigenvalue weighted by Crippen LogP contribution is 2.07. The van der Waals surface area contributed by atoms with Gasteiger partial charge in [-0.1, -0.05) is 18.2 Å². The molecule has 0 saturated carbocycles. The molecule has 0 heterocycles. The second kappa shape index (κ2) is 11.3. The van der Waals surface area contributed by atoms with Crippen LogP contribution in [0, 0.1) is 0 Å². The largest absolute Gasteiger partial charge is 0.394 e. The van der Waals surface area contributed by atoms with E-state index in [0.29, 0.717) is 6.61 Å². The van der Waals surface area contributed by atoms with Crippen molar-refractivity contribution in [3.8, 4) is 5.75 Å². The molecule has 0 saturated heterocycles. The summed E-state index contributed by atoms with van der Waals surface area (Å²) >= 11 is 0. The molecule has 8 nitrogen and oxygen atoms in total. The van der Waals surface area contributed by atoms with Crippen LogP contribution in [0.25, 0.3) is 0 Å². The van der Waals surface area contributed by atoms with Crippen LogP contribution in [0.4, 0.5) is 0 Å². The zero-order chi connectivity index (χ0) is 11.7. The molecule has 1 aromatic carbocycles. The van der Waals surface area contributed by atoms with E-state index in [1.165, 1.54) is 0 Å². The van der Waals surface area contributed by atoms with E-state index in [0.717, 1.165) is 5.75 Å². The second-order valence-corrected chi connectivity index (χ2v) is 3.15. The van der Waals surface area contributed by atoms with Gasteiger partial charge >= 0.3 is 10.4 Å². The van der Waals surface area contributed by atoms with Crippen LogP contribution in [0.5, 0.6) is 5.75 Å². The average Bonchev–Trinajstić information content (AvgIpc) is 2.14. The molecule has 1 rings (SSSR count). The molecule has 17 heavy (non-hydrogen) atoms. The van der Waals surface area contributed by atoms with Crippen LogP contribution < -0.4 is 17.2 Å². The molecule has 1 aromatic rings. The maximum atomic E-state index is 8.74. The molecule has 102 valence electrons. The molecule has 0 aliphatic carbocycles. The van der Waals surface area contributed by atoms with Gasteiger partial charge in [-0.05, 0) is 19.1 Å². The lowest BCUT2D eigenvalue weighted by molar-refractivity contribution is -0.202. The summed E-state index contributed by atoms with van der Waals surface area (Å²) in [5.41, 5.74) is 0. The molecule has 9 heteroatoms. The topological polar surface area (TPSA) is 163 Å². The monoisotopic (exact) mass is 270 g/mol. The van der Waals surface area contributed by atoms with E-state index >= 15 is 0 Å². The van der Waals surface area contributed by atoms with Gasteiger partial charge in [0.25, 0.3) is 0 Å². The summed E-state index contributed by atoms with van der Waals surface area (Å²) < 4.78 is 31.6. The first kappa shape index (κ1) is 21.1. The van der Waals surface area contributed by atoms with Gasteiger partial charge in [-0.15, -0.1) is 0 Å². The van der Waals surface area contributed by atoms with Crippen LogP contribution >= 0.6 is 0 Å². The Balaban J connectivity index is -0.000000247. The standard InChI is InChI=1S/C8H10O2.2H3N.H2O4S/c1-2-9-10-8-6-4-3-5-7-8;;;1-5(2,3)4/h3-7H,2H2,1H3;2*1H3;(H2,1,2,3,4). The van der Waals surface area contributed by atoms with Crippen molar-refractivity contribution in [2.75, 3.05) is 6.61 Å². The van der Waals surface area contributed by atoms with Gasteiger partial charge in [-0.25, -0.2) is 0 Å². The van der Waals surface area contributed by atoms with E-state index in [-0.39, 0.29) is 12.3 Å². The number of rotatable bonds is 3. The van der Waals surface area contributed by atoms with Crippen molar-refractivity contribution >= 4 is 10.4 Å². The highest BCUT2D eigenvalue weighted by molar-refractivity contribution is 7.79. The molecular weight excluding hydrogens is 252 g/mol. The van der Waals surface area contributed by atoms with Crippen LogP contribution in [0.2, 0.25) is 0 Å². The second-order valence-electron chi connectivity index (χ2n) is 2.25. The summed E-state index contributed by atoms with van der Waals surface area (Å²) in [6, 6.07) is 9.41. The van der Waals surface area contributed by atoms with Gasteiger partial charge in [-0.3, -0.25) is 9.11 Å². The third kappa shape index (κ3) is 20.8. The Bertz CT molecular complexity index is 348. The van der Waals surface area contributed by atoms with E-state index in [4.69, 9.17) is 27.3 Å². The smallest absolute Gasteiger partial charge is 0.344 e. The molecule has 0 atom stereocenters. The molecule has 0 aromatic heterocycles. The number of hydrogen-bond acceptors (Lipinski definition) is 6. The molecule has 0 aliphatic heterocycles. The van der Waals surface area contributed by atoms with Crippen LogP contribution in [-0.4, -0.2) is 24.1 Å². The normalized spacial score (nSPS) is 8.88. The van der Waals surface area contributed by atoms with E-state index in [9.17, 15) is 0 Å². The predicted octanol–water partition coefficient (Wildman–Crippen LogP) is 1.69. The Hall–Kier alpha value is -1.23. The van der Waals surface area contributed by atoms with Crippen molar-refractivity contribution in [3.63, 3.8) is 0 Å². The van der Waals surface area contributed by atoms with Crippen molar-refractivity contribution in [1.29, 1.82) is 0 Å². The Morgan fingerprint density at radius 3 is 1.88 bits per heavy atom. The number of para-hydroxylation sites is 1. The van der Waals surface area contributed by atoms with Gasteiger partial charge in [0.15, 0.2) is 5.75 Å². The molecule has 0 bridgehead atoms. The molecule has 0 spiro atoms. The molecule has 8 N–H and O–H groups in total. The minimum atomic E-state index is -4.67. The summed E-state index contributed by atoms with van der Waals surface area (Å²) in [4.78, 5) is 9.57. The van der Waals surface area contributed by atoms with Gasteiger partial charge < -0.3 is 17.2 Å². The minimum Gasteiger partial charge on any atom is -0.344 e. The fourth-order valence-electron chi connectivity index (χ4n) is 0.603. The van der Waals surface area contributed by atoms with E-state index < -0.39 is 10.4 Å². The SMILES string of the molecule is CCOOc1ccccc1.N.N.O=S(=O)(O)O. The zero-order valence-electron chi connectivity index (χ0n) is 9.44. The van der Waals surface area contributed by atoms with Gasteiger partial charge in [0, 0.05) is 0 Å². The quantitative estimate of drug-likeness (QED) is 0.366. The van der Waals surface area contributed by atoms with Crippen LogP contribution in [0.1, 0.15) is 6.92 Å². The van der Waals surface area contributed by atoms with Crippen molar-refractivity contribution < 1.29 is 27.3 Å². The highest BCUT2D eigenvalue weighted by atomic mass is 32.3. The molecule has 0 fully saturated rings. The van der Waals surface area contributed by atoms with E-state index in [2.05, 4.69) is 0 Å².